The molecule has 1 fully saturated rings. The fraction of sp³-hybridized carbons (Fsp3) is 0.400. The Kier molecular flexibility index (Phi) is 5.70. The molecule has 1 atom stereocenters. The highest BCUT2D eigenvalue weighted by Crippen LogP contribution is 2.19. The SMILES string of the molecule is Cc1c(C(=O)N2CCNC[C@H]2C)nnn1-c1cccc([N+](=O)[O-])c1.Cl. The molecular weight excluding hydrogens is 348 g/mol. The Balaban J connectivity index is 0.00000225. The quantitative estimate of drug-likeness (QED) is 0.649. The molecule has 1 amide bonds. The Labute approximate surface area is 150 Å². The Hall–Kier alpha value is -2.52. The molecule has 2 heterocycles. The molecule has 3 rings (SSSR count). The summed E-state index contributed by atoms with van der Waals surface area (Å²) in [6.45, 7) is 5.81. The van der Waals surface area contributed by atoms with Crippen LogP contribution in [0.5, 0.6) is 0 Å². The van der Waals surface area contributed by atoms with E-state index in [0.29, 0.717) is 17.9 Å². The first kappa shape index (κ1) is 18.8. The molecule has 1 aromatic carbocycles. The van der Waals surface area contributed by atoms with Gasteiger partial charge in [0, 0.05) is 37.8 Å². The third-order valence-corrected chi connectivity index (χ3v) is 4.14. The molecule has 0 saturated carbocycles. The Bertz CT molecular complexity index is 793. The van der Waals surface area contributed by atoms with Crippen LogP contribution in [0.3, 0.4) is 0 Å². The number of rotatable bonds is 3. The smallest absolute Gasteiger partial charge is 0.276 e. The standard InChI is InChI=1S/C15H18N6O3.ClH/c1-10-9-16-6-7-19(10)15(22)14-11(2)20(18-17-14)12-4-3-5-13(8-12)21(23)24;/h3-5,8,10,16H,6-7,9H2,1-2H3;1H/t10-;/m1./s1. The van der Waals surface area contributed by atoms with Gasteiger partial charge in [0.1, 0.15) is 0 Å². The molecule has 134 valence electrons. The number of nitrogens with one attached hydrogen (secondary N) is 1. The van der Waals surface area contributed by atoms with E-state index >= 15 is 0 Å². The molecule has 0 aliphatic carbocycles. The minimum atomic E-state index is -0.468. The molecule has 1 N–H and O–H groups in total. The van der Waals surface area contributed by atoms with Gasteiger partial charge in [0.25, 0.3) is 11.6 Å². The molecule has 2 aromatic rings. The molecule has 10 heteroatoms. The van der Waals surface area contributed by atoms with Gasteiger partial charge in [0.15, 0.2) is 5.69 Å². The van der Waals surface area contributed by atoms with Crippen molar-refractivity contribution >= 4 is 24.0 Å². The van der Waals surface area contributed by atoms with Crippen molar-refractivity contribution in [3.63, 3.8) is 0 Å². The van der Waals surface area contributed by atoms with Crippen LogP contribution >= 0.6 is 12.4 Å². The Morgan fingerprint density at radius 1 is 1.44 bits per heavy atom. The highest BCUT2D eigenvalue weighted by atomic mass is 35.5. The predicted molar refractivity (Wildman–Crippen MR) is 93.4 cm³/mol. The molecule has 0 radical (unpaired) electrons. The van der Waals surface area contributed by atoms with Crippen molar-refractivity contribution in [2.45, 2.75) is 19.9 Å². The van der Waals surface area contributed by atoms with E-state index in [1.54, 1.807) is 24.0 Å². The highest BCUT2D eigenvalue weighted by Gasteiger charge is 2.28. The minimum Gasteiger partial charge on any atom is -0.332 e. The Morgan fingerprint density at radius 2 is 2.20 bits per heavy atom. The lowest BCUT2D eigenvalue weighted by Gasteiger charge is -2.33. The van der Waals surface area contributed by atoms with E-state index in [4.69, 9.17) is 0 Å². The number of aromatic nitrogens is 3. The van der Waals surface area contributed by atoms with Gasteiger partial charge in [-0.3, -0.25) is 14.9 Å². The second kappa shape index (κ2) is 7.58. The summed E-state index contributed by atoms with van der Waals surface area (Å²) < 4.78 is 1.45. The van der Waals surface area contributed by atoms with Gasteiger partial charge in [0.2, 0.25) is 0 Å². The normalized spacial score (nSPS) is 17.0. The van der Waals surface area contributed by atoms with Crippen molar-refractivity contribution in [3.8, 4) is 5.69 Å². The van der Waals surface area contributed by atoms with Crippen LogP contribution in [-0.2, 0) is 0 Å². The van der Waals surface area contributed by atoms with E-state index in [1.807, 2.05) is 6.92 Å². The number of nitro benzene ring substituents is 1. The van der Waals surface area contributed by atoms with Crippen molar-refractivity contribution in [2.75, 3.05) is 19.6 Å². The fourth-order valence-corrected chi connectivity index (χ4v) is 2.79. The average Bonchev–Trinajstić information content (AvgIpc) is 2.96. The monoisotopic (exact) mass is 366 g/mol. The average molecular weight is 367 g/mol. The Morgan fingerprint density at radius 3 is 2.88 bits per heavy atom. The van der Waals surface area contributed by atoms with E-state index in [1.165, 1.54) is 16.8 Å². The van der Waals surface area contributed by atoms with Gasteiger partial charge in [-0.1, -0.05) is 11.3 Å². The molecule has 0 unspecified atom stereocenters. The topological polar surface area (TPSA) is 106 Å². The first-order chi connectivity index (χ1) is 11.5. The summed E-state index contributed by atoms with van der Waals surface area (Å²) >= 11 is 0. The second-order valence-electron chi connectivity index (χ2n) is 5.76. The van der Waals surface area contributed by atoms with Gasteiger partial charge in [-0.2, -0.15) is 0 Å². The number of hydrogen-bond donors (Lipinski definition) is 1. The molecule has 0 spiro atoms. The van der Waals surface area contributed by atoms with Crippen LogP contribution < -0.4 is 5.32 Å². The largest absolute Gasteiger partial charge is 0.332 e. The van der Waals surface area contributed by atoms with Crippen molar-refractivity contribution in [3.05, 3.63) is 45.8 Å². The number of non-ortho nitro benzene ring substituents is 1. The summed E-state index contributed by atoms with van der Waals surface area (Å²) in [6, 6.07) is 6.16. The molecule has 1 saturated heterocycles. The van der Waals surface area contributed by atoms with E-state index in [2.05, 4.69) is 15.6 Å². The zero-order valence-corrected chi connectivity index (χ0v) is 14.7. The summed E-state index contributed by atoms with van der Waals surface area (Å²) in [7, 11) is 0. The van der Waals surface area contributed by atoms with Crippen LogP contribution in [0.1, 0.15) is 23.1 Å². The molecule has 9 nitrogen and oxygen atoms in total. The van der Waals surface area contributed by atoms with Crippen molar-refractivity contribution in [2.24, 2.45) is 0 Å². The molecule has 1 aromatic heterocycles. The summed E-state index contributed by atoms with van der Waals surface area (Å²) in [5.74, 6) is -0.168. The lowest BCUT2D eigenvalue weighted by Crippen LogP contribution is -2.52. The van der Waals surface area contributed by atoms with E-state index in [-0.39, 0.29) is 35.7 Å². The van der Waals surface area contributed by atoms with E-state index in [9.17, 15) is 14.9 Å². The number of nitro groups is 1. The van der Waals surface area contributed by atoms with Crippen molar-refractivity contribution in [1.82, 2.24) is 25.2 Å². The fourth-order valence-electron chi connectivity index (χ4n) is 2.79. The number of carbonyl (C=O) groups is 1. The summed E-state index contributed by atoms with van der Waals surface area (Å²) in [6.07, 6.45) is 0. The summed E-state index contributed by atoms with van der Waals surface area (Å²) in [5.41, 5.74) is 1.30. The first-order valence-electron chi connectivity index (χ1n) is 7.68. The number of benzene rings is 1. The van der Waals surface area contributed by atoms with Crippen molar-refractivity contribution < 1.29 is 9.72 Å². The van der Waals surface area contributed by atoms with Crippen molar-refractivity contribution in [1.29, 1.82) is 0 Å². The number of halogens is 1. The summed E-state index contributed by atoms with van der Waals surface area (Å²) in [4.78, 5) is 24.9. The molecule has 25 heavy (non-hydrogen) atoms. The zero-order valence-electron chi connectivity index (χ0n) is 13.9. The molecule has 0 bridgehead atoms. The van der Waals surface area contributed by atoms with E-state index < -0.39 is 4.92 Å². The molecular formula is C15H19ClN6O3. The maximum absolute atomic E-state index is 12.7. The maximum atomic E-state index is 12.7. The first-order valence-corrected chi connectivity index (χ1v) is 7.68. The maximum Gasteiger partial charge on any atom is 0.276 e. The van der Waals surface area contributed by atoms with Gasteiger partial charge < -0.3 is 10.2 Å². The van der Waals surface area contributed by atoms with Crippen LogP contribution in [-0.4, -0.2) is 56.4 Å². The minimum absolute atomic E-state index is 0. The predicted octanol–water partition coefficient (Wildman–Crippen LogP) is 1.34. The molecule has 1 aliphatic rings. The lowest BCUT2D eigenvalue weighted by atomic mass is 10.2. The molecule has 1 aliphatic heterocycles. The zero-order chi connectivity index (χ0) is 17.3. The number of piperazine rings is 1. The van der Waals surface area contributed by atoms with Gasteiger partial charge in [-0.05, 0) is 19.9 Å². The van der Waals surface area contributed by atoms with Crippen LogP contribution in [0.4, 0.5) is 5.69 Å². The van der Waals surface area contributed by atoms with Crippen LogP contribution in [0, 0.1) is 17.0 Å². The third-order valence-electron chi connectivity index (χ3n) is 4.14. The number of carbonyl (C=O) groups excluding carboxylic acids is 1. The van der Waals surface area contributed by atoms with Gasteiger partial charge >= 0.3 is 0 Å². The van der Waals surface area contributed by atoms with Gasteiger partial charge in [-0.25, -0.2) is 4.68 Å². The highest BCUT2D eigenvalue weighted by molar-refractivity contribution is 5.93. The van der Waals surface area contributed by atoms with E-state index in [0.717, 1.165) is 13.1 Å². The third kappa shape index (κ3) is 3.62. The van der Waals surface area contributed by atoms with Crippen LogP contribution in [0.15, 0.2) is 24.3 Å². The van der Waals surface area contributed by atoms with Gasteiger partial charge in [0.05, 0.1) is 16.3 Å². The lowest BCUT2D eigenvalue weighted by molar-refractivity contribution is -0.384. The van der Waals surface area contributed by atoms with Gasteiger partial charge in [-0.15, -0.1) is 17.5 Å². The number of hydrogen-bond acceptors (Lipinski definition) is 6. The second-order valence-corrected chi connectivity index (χ2v) is 5.76. The number of nitrogens with zero attached hydrogens (tertiary/aromatic N) is 5. The summed E-state index contributed by atoms with van der Waals surface area (Å²) in [5, 5.41) is 22.2. The van der Waals surface area contributed by atoms with Crippen LogP contribution in [0.25, 0.3) is 5.69 Å². The number of amides is 1. The van der Waals surface area contributed by atoms with Crippen LogP contribution in [0.2, 0.25) is 0 Å².